The number of rotatable bonds is 6. The van der Waals surface area contributed by atoms with Gasteiger partial charge in [0, 0.05) is 6.42 Å². The quantitative estimate of drug-likeness (QED) is 0.437. The highest BCUT2D eigenvalue weighted by molar-refractivity contribution is 5.82. The Kier molecular flexibility index (Phi) is 5.28. The van der Waals surface area contributed by atoms with Gasteiger partial charge in [-0.2, -0.15) is 9.97 Å². The molecule has 0 bridgehead atoms. The zero-order chi connectivity index (χ0) is 20.5. The average molecular weight is 405 g/mol. The molecule has 1 aromatic carbocycles. The fourth-order valence-electron chi connectivity index (χ4n) is 3.19. The Labute approximate surface area is 164 Å². The molecule has 10 nitrogen and oxygen atoms in total. The summed E-state index contributed by atoms with van der Waals surface area (Å²) >= 11 is 0. The number of hydrogen-bond acceptors (Lipinski definition) is 9. The highest BCUT2D eigenvalue weighted by atomic mass is 19.1. The number of anilines is 1. The van der Waals surface area contributed by atoms with Gasteiger partial charge in [-0.3, -0.25) is 4.57 Å². The molecule has 1 aliphatic rings. The van der Waals surface area contributed by atoms with E-state index in [-0.39, 0.29) is 35.4 Å². The van der Waals surface area contributed by atoms with Gasteiger partial charge in [-0.1, -0.05) is 12.1 Å². The molecule has 3 heterocycles. The number of nitrogen functional groups attached to an aromatic ring is 1. The van der Waals surface area contributed by atoms with Crippen molar-refractivity contribution >= 4 is 17.0 Å². The molecule has 1 unspecified atom stereocenters. The van der Waals surface area contributed by atoms with E-state index in [0.717, 1.165) is 5.56 Å². The maximum absolute atomic E-state index is 13.0. The summed E-state index contributed by atoms with van der Waals surface area (Å²) < 4.78 is 25.5. The molecule has 2 aromatic heterocycles. The number of ether oxygens (including phenoxy) is 2. The molecule has 1 saturated heterocycles. The summed E-state index contributed by atoms with van der Waals surface area (Å²) in [5.41, 5.74) is 7.37. The smallest absolute Gasteiger partial charge is 0.320 e. The molecule has 5 N–H and O–H groups in total. The summed E-state index contributed by atoms with van der Waals surface area (Å²) in [6, 6.07) is 6.07. The largest absolute Gasteiger partial charge is 0.463 e. The molecule has 0 amide bonds. The van der Waals surface area contributed by atoms with Gasteiger partial charge in [-0.15, -0.1) is 0 Å². The lowest BCUT2D eigenvalue weighted by atomic mass is 10.1. The second-order valence-electron chi connectivity index (χ2n) is 6.67. The van der Waals surface area contributed by atoms with E-state index in [1.165, 1.54) is 23.0 Å². The number of fused-ring (bicyclic) bond motifs is 1. The van der Waals surface area contributed by atoms with E-state index in [9.17, 15) is 19.7 Å². The lowest BCUT2D eigenvalue weighted by Gasteiger charge is -2.16. The molecule has 3 aromatic rings. The first-order chi connectivity index (χ1) is 14.0. The van der Waals surface area contributed by atoms with Crippen molar-refractivity contribution in [3.05, 3.63) is 42.0 Å². The highest BCUT2D eigenvalue weighted by Crippen LogP contribution is 2.32. The highest BCUT2D eigenvalue weighted by Gasteiger charge is 2.44. The molecular weight excluding hydrogens is 385 g/mol. The topological polar surface area (TPSA) is 149 Å². The molecule has 11 heteroatoms. The molecule has 1 fully saturated rings. The average Bonchev–Trinajstić information content (AvgIpc) is 3.25. The van der Waals surface area contributed by atoms with Crippen LogP contribution >= 0.6 is 0 Å². The number of aliphatic hydroxyl groups is 3. The number of nitrogens with zero attached hydrogens (tertiary/aromatic N) is 4. The Hall–Kier alpha value is -2.86. The first kappa shape index (κ1) is 19.5. The zero-order valence-corrected chi connectivity index (χ0v) is 15.2. The van der Waals surface area contributed by atoms with Gasteiger partial charge < -0.3 is 30.5 Å². The first-order valence-electron chi connectivity index (χ1n) is 8.97. The maximum Gasteiger partial charge on any atom is 0.320 e. The maximum atomic E-state index is 13.0. The number of aromatic nitrogens is 4. The summed E-state index contributed by atoms with van der Waals surface area (Å²) in [5, 5.41) is 29.5. The lowest BCUT2D eigenvalue weighted by Crippen LogP contribution is -2.33. The number of imidazole rings is 1. The molecule has 1 aliphatic heterocycles. The minimum absolute atomic E-state index is 0.00519. The van der Waals surface area contributed by atoms with Crippen molar-refractivity contribution < 1.29 is 29.2 Å². The summed E-state index contributed by atoms with van der Waals surface area (Å²) in [6.45, 7) is -0.213. The van der Waals surface area contributed by atoms with E-state index in [1.54, 1.807) is 12.1 Å². The predicted molar refractivity (Wildman–Crippen MR) is 98.3 cm³/mol. The van der Waals surface area contributed by atoms with Crippen LogP contribution in [0.2, 0.25) is 0 Å². The Morgan fingerprint density at radius 1 is 1.17 bits per heavy atom. The van der Waals surface area contributed by atoms with Crippen molar-refractivity contribution in [2.45, 2.75) is 31.0 Å². The monoisotopic (exact) mass is 405 g/mol. The molecule has 4 atom stereocenters. The van der Waals surface area contributed by atoms with Crippen molar-refractivity contribution in [3.8, 4) is 6.01 Å². The normalized spacial score (nSPS) is 24.3. The molecule has 154 valence electrons. The fourth-order valence-corrected chi connectivity index (χ4v) is 3.19. The Morgan fingerprint density at radius 3 is 2.62 bits per heavy atom. The van der Waals surface area contributed by atoms with Gasteiger partial charge in [-0.05, 0) is 17.7 Å². The van der Waals surface area contributed by atoms with Crippen molar-refractivity contribution in [1.82, 2.24) is 19.5 Å². The van der Waals surface area contributed by atoms with Crippen LogP contribution in [0.3, 0.4) is 0 Å². The van der Waals surface area contributed by atoms with Crippen LogP contribution in [0.15, 0.2) is 30.6 Å². The van der Waals surface area contributed by atoms with Gasteiger partial charge in [0.05, 0.1) is 19.5 Å². The lowest BCUT2D eigenvalue weighted by molar-refractivity contribution is -0.0511. The van der Waals surface area contributed by atoms with Gasteiger partial charge in [0.2, 0.25) is 0 Å². The van der Waals surface area contributed by atoms with E-state index >= 15 is 0 Å². The number of nitrogens with two attached hydrogens (primary N) is 1. The van der Waals surface area contributed by atoms with Gasteiger partial charge in [0.25, 0.3) is 0 Å². The standard InChI is InChI=1S/C18H20FN5O5/c19-10-3-1-9(2-4-10)5-6-28-18-22-15(20)12-16(23-18)24(8-21-12)17-14(27)13(26)11(7-25)29-17/h1-4,8,11,13-14,17,25-27H,5-7H2,(H2,20,22,23)/t11-,13?,14+,17-/m1/s1. The number of hydrogen-bond donors (Lipinski definition) is 4. The molecular formula is C18H20FN5O5. The Morgan fingerprint density at radius 2 is 1.93 bits per heavy atom. The Bertz CT molecular complexity index is 998. The van der Waals surface area contributed by atoms with E-state index in [2.05, 4.69) is 15.0 Å². The van der Waals surface area contributed by atoms with Crippen LogP contribution in [0.25, 0.3) is 11.2 Å². The Balaban J connectivity index is 1.54. The predicted octanol–water partition coefficient (Wildman–Crippen LogP) is -0.219. The molecule has 0 radical (unpaired) electrons. The molecule has 0 spiro atoms. The van der Waals surface area contributed by atoms with Crippen LogP contribution < -0.4 is 10.5 Å². The van der Waals surface area contributed by atoms with Crippen molar-refractivity contribution in [3.63, 3.8) is 0 Å². The second-order valence-corrected chi connectivity index (χ2v) is 6.67. The van der Waals surface area contributed by atoms with Crippen LogP contribution in [0.4, 0.5) is 10.2 Å². The van der Waals surface area contributed by atoms with E-state index in [4.69, 9.17) is 15.2 Å². The minimum atomic E-state index is -1.29. The van der Waals surface area contributed by atoms with Gasteiger partial charge in [-0.25, -0.2) is 9.37 Å². The van der Waals surface area contributed by atoms with E-state index < -0.39 is 31.1 Å². The van der Waals surface area contributed by atoms with Crippen LogP contribution in [0, 0.1) is 5.82 Å². The SMILES string of the molecule is Nc1nc(OCCc2ccc(F)cc2)nc2c1ncn2[C@@H]1O[C@H](CO)C(O)[C@@H]1O. The summed E-state index contributed by atoms with van der Waals surface area (Å²) in [6.07, 6.45) is -2.61. The molecule has 0 aliphatic carbocycles. The van der Waals surface area contributed by atoms with Gasteiger partial charge in [0.1, 0.15) is 24.1 Å². The van der Waals surface area contributed by atoms with Crippen molar-refractivity contribution in [2.75, 3.05) is 18.9 Å². The number of aliphatic hydroxyl groups excluding tert-OH is 3. The third-order valence-corrected chi connectivity index (χ3v) is 4.75. The first-order valence-corrected chi connectivity index (χ1v) is 8.97. The molecule has 0 saturated carbocycles. The second kappa shape index (κ2) is 7.87. The van der Waals surface area contributed by atoms with Gasteiger partial charge in [0.15, 0.2) is 23.2 Å². The fraction of sp³-hybridized carbons (Fsp3) is 0.389. The van der Waals surface area contributed by atoms with Crippen molar-refractivity contribution in [1.29, 1.82) is 0 Å². The van der Waals surface area contributed by atoms with E-state index in [1.807, 2.05) is 0 Å². The summed E-state index contributed by atoms with van der Waals surface area (Å²) in [7, 11) is 0. The van der Waals surface area contributed by atoms with Crippen molar-refractivity contribution in [2.24, 2.45) is 0 Å². The molecule has 29 heavy (non-hydrogen) atoms. The number of benzene rings is 1. The van der Waals surface area contributed by atoms with Crippen LogP contribution in [0.1, 0.15) is 11.8 Å². The summed E-state index contributed by atoms with van der Waals surface area (Å²) in [5.74, 6) is -0.230. The van der Waals surface area contributed by atoms with Gasteiger partial charge >= 0.3 is 6.01 Å². The minimum Gasteiger partial charge on any atom is -0.463 e. The summed E-state index contributed by atoms with van der Waals surface area (Å²) in [4.78, 5) is 12.5. The van der Waals surface area contributed by atoms with Crippen LogP contribution in [-0.4, -0.2) is 66.4 Å². The molecule has 4 rings (SSSR count). The van der Waals surface area contributed by atoms with Crippen LogP contribution in [-0.2, 0) is 11.2 Å². The third kappa shape index (κ3) is 3.72. The zero-order valence-electron chi connectivity index (χ0n) is 15.2. The third-order valence-electron chi connectivity index (χ3n) is 4.75. The van der Waals surface area contributed by atoms with Crippen LogP contribution in [0.5, 0.6) is 6.01 Å². The number of halogens is 1. The van der Waals surface area contributed by atoms with E-state index in [0.29, 0.717) is 6.42 Å².